The van der Waals surface area contributed by atoms with Crippen molar-refractivity contribution >= 4 is 11.7 Å². The summed E-state index contributed by atoms with van der Waals surface area (Å²) < 4.78 is 5.95. The van der Waals surface area contributed by atoms with E-state index in [2.05, 4.69) is 11.0 Å². The summed E-state index contributed by atoms with van der Waals surface area (Å²) in [7, 11) is 0. The molecule has 0 saturated carbocycles. The predicted molar refractivity (Wildman–Crippen MR) is 95.8 cm³/mol. The summed E-state index contributed by atoms with van der Waals surface area (Å²) in [6, 6.07) is 6.20. The minimum atomic E-state index is -1.24. The molecule has 1 aromatic rings. The van der Waals surface area contributed by atoms with E-state index in [0.29, 0.717) is 5.56 Å². The van der Waals surface area contributed by atoms with Crippen molar-refractivity contribution < 1.29 is 19.6 Å². The second-order valence-corrected chi connectivity index (χ2v) is 7.74. The molecule has 3 aliphatic heterocycles. The van der Waals surface area contributed by atoms with Gasteiger partial charge in [0.25, 0.3) is 5.69 Å². The molecule has 0 aromatic heterocycles. The monoisotopic (exact) mass is 368 g/mol. The van der Waals surface area contributed by atoms with Gasteiger partial charge in [-0.25, -0.2) is 4.79 Å². The van der Waals surface area contributed by atoms with Gasteiger partial charge in [-0.15, -0.1) is 0 Å². The van der Waals surface area contributed by atoms with Crippen LogP contribution in [0.3, 0.4) is 0 Å². The van der Waals surface area contributed by atoms with E-state index in [0.717, 1.165) is 37.8 Å². The number of ether oxygens (including phenoxy) is 1. The van der Waals surface area contributed by atoms with Crippen molar-refractivity contribution in [1.82, 2.24) is 4.90 Å². The predicted octanol–water partition coefficient (Wildman–Crippen LogP) is 2.42. The number of rotatable bonds is 3. The molecule has 5 rings (SSSR count). The Labute approximate surface area is 156 Å². The van der Waals surface area contributed by atoms with Crippen LogP contribution in [0, 0.1) is 10.1 Å². The van der Waals surface area contributed by atoms with Crippen molar-refractivity contribution in [1.29, 1.82) is 0 Å². The minimum absolute atomic E-state index is 0.114. The number of esters is 1. The van der Waals surface area contributed by atoms with Crippen molar-refractivity contribution in [2.24, 2.45) is 0 Å². The van der Waals surface area contributed by atoms with E-state index < -0.39 is 22.6 Å². The first-order valence-corrected chi connectivity index (χ1v) is 9.35. The number of nitro benzene ring substituents is 1. The number of piperidine rings is 1. The topological polar surface area (TPSA) is 92.9 Å². The number of nitro groups is 1. The highest BCUT2D eigenvalue weighted by Crippen LogP contribution is 2.54. The third-order valence-corrected chi connectivity index (χ3v) is 6.42. The minimum Gasteiger partial charge on any atom is -0.449 e. The molecule has 1 spiro atoms. The molecule has 27 heavy (non-hydrogen) atoms. The average molecular weight is 368 g/mol. The Morgan fingerprint density at radius 3 is 3.04 bits per heavy atom. The average Bonchev–Trinajstić information content (AvgIpc) is 3.12. The summed E-state index contributed by atoms with van der Waals surface area (Å²) >= 11 is 0. The molecule has 2 bridgehead atoms. The summed E-state index contributed by atoms with van der Waals surface area (Å²) in [5.74, 6) is -0.512. The molecular formula is C20H20N2O5. The highest BCUT2D eigenvalue weighted by molar-refractivity contribution is 5.96. The number of carbonyl (C=O) groups is 1. The molecule has 0 unspecified atom stereocenters. The molecule has 1 aliphatic carbocycles. The summed E-state index contributed by atoms with van der Waals surface area (Å²) in [4.78, 5) is 25.8. The van der Waals surface area contributed by atoms with E-state index in [4.69, 9.17) is 4.74 Å². The fourth-order valence-electron chi connectivity index (χ4n) is 5.28. The van der Waals surface area contributed by atoms with Gasteiger partial charge in [-0.05, 0) is 24.9 Å². The molecule has 4 aliphatic rings. The smallest absolute Gasteiger partial charge is 0.338 e. The number of benzene rings is 1. The van der Waals surface area contributed by atoms with Crippen molar-refractivity contribution in [2.45, 2.75) is 49.5 Å². The van der Waals surface area contributed by atoms with Crippen LogP contribution in [0.15, 0.2) is 47.6 Å². The Kier molecular flexibility index (Phi) is 3.54. The van der Waals surface area contributed by atoms with Crippen LogP contribution in [0.25, 0.3) is 0 Å². The number of nitrogens with zero attached hydrogens (tertiary/aromatic N) is 2. The number of hydrogen-bond acceptors (Lipinski definition) is 6. The van der Waals surface area contributed by atoms with E-state index in [1.54, 1.807) is 6.07 Å². The molecule has 7 nitrogen and oxygen atoms in total. The normalized spacial score (nSPS) is 32.9. The number of carbonyl (C=O) groups excluding carboxylic acids is 1. The first-order valence-electron chi connectivity index (χ1n) is 9.35. The SMILES string of the molecule is O=C1O[C@@]23C[C@@H](C=CC2=C1[C@H](O)c1cccc([N+](=O)[O-])c1)N1CCCC[C@@H]13. The number of fused-ring (bicyclic) bond motifs is 3. The van der Waals surface area contributed by atoms with E-state index in [1.807, 2.05) is 6.08 Å². The summed E-state index contributed by atoms with van der Waals surface area (Å²) in [5, 5.41) is 22.0. The Morgan fingerprint density at radius 1 is 1.37 bits per heavy atom. The first-order chi connectivity index (χ1) is 13.0. The van der Waals surface area contributed by atoms with E-state index >= 15 is 0 Å². The molecule has 7 heteroatoms. The third-order valence-electron chi connectivity index (χ3n) is 6.42. The summed E-state index contributed by atoms with van der Waals surface area (Å²) in [5.41, 5.74) is 0.495. The van der Waals surface area contributed by atoms with Crippen LogP contribution in [0.5, 0.6) is 0 Å². The van der Waals surface area contributed by atoms with Crippen LogP contribution in [-0.2, 0) is 9.53 Å². The molecule has 3 heterocycles. The van der Waals surface area contributed by atoms with E-state index in [-0.39, 0.29) is 23.3 Å². The zero-order valence-corrected chi connectivity index (χ0v) is 14.7. The lowest BCUT2D eigenvalue weighted by molar-refractivity contribution is -0.385. The van der Waals surface area contributed by atoms with Gasteiger partial charge in [-0.3, -0.25) is 15.0 Å². The van der Waals surface area contributed by atoms with E-state index in [1.165, 1.54) is 18.2 Å². The van der Waals surface area contributed by atoms with Gasteiger partial charge in [0.2, 0.25) is 0 Å². The molecule has 1 aromatic carbocycles. The van der Waals surface area contributed by atoms with Crippen molar-refractivity contribution in [3.63, 3.8) is 0 Å². The quantitative estimate of drug-likeness (QED) is 0.500. The van der Waals surface area contributed by atoms with Crippen LogP contribution >= 0.6 is 0 Å². The highest BCUT2D eigenvalue weighted by atomic mass is 16.6. The Bertz CT molecular complexity index is 907. The zero-order valence-electron chi connectivity index (χ0n) is 14.7. The third kappa shape index (κ3) is 2.25. The lowest BCUT2D eigenvalue weighted by atomic mass is 9.78. The molecule has 0 amide bonds. The van der Waals surface area contributed by atoms with Crippen LogP contribution in [0.2, 0.25) is 0 Å². The molecular weight excluding hydrogens is 348 g/mol. The maximum Gasteiger partial charge on any atom is 0.338 e. The maximum atomic E-state index is 12.8. The van der Waals surface area contributed by atoms with E-state index in [9.17, 15) is 20.0 Å². The Hall–Kier alpha value is -2.51. The number of hydrogen-bond donors (Lipinski definition) is 1. The fourth-order valence-corrected chi connectivity index (χ4v) is 5.28. The van der Waals surface area contributed by atoms with Crippen LogP contribution in [0.1, 0.15) is 37.4 Å². The highest BCUT2D eigenvalue weighted by Gasteiger charge is 2.62. The van der Waals surface area contributed by atoms with Gasteiger partial charge in [0.05, 0.1) is 16.5 Å². The second-order valence-electron chi connectivity index (χ2n) is 7.74. The molecule has 1 N–H and O–H groups in total. The lowest BCUT2D eigenvalue weighted by Crippen LogP contribution is -2.48. The van der Waals surface area contributed by atoms with Gasteiger partial charge in [-0.1, -0.05) is 30.7 Å². The Morgan fingerprint density at radius 2 is 2.22 bits per heavy atom. The van der Waals surface area contributed by atoms with Gasteiger partial charge in [-0.2, -0.15) is 0 Å². The molecule has 140 valence electrons. The van der Waals surface area contributed by atoms with Crippen molar-refractivity contribution in [2.75, 3.05) is 6.54 Å². The van der Waals surface area contributed by atoms with Gasteiger partial charge < -0.3 is 9.84 Å². The van der Waals surface area contributed by atoms with Crippen LogP contribution in [-0.4, -0.2) is 45.1 Å². The van der Waals surface area contributed by atoms with Gasteiger partial charge >= 0.3 is 5.97 Å². The zero-order chi connectivity index (χ0) is 18.8. The maximum absolute atomic E-state index is 12.8. The largest absolute Gasteiger partial charge is 0.449 e. The fraction of sp³-hybridized carbons (Fsp3) is 0.450. The standard InChI is InChI=1S/C20H20N2O5/c23-18(12-4-3-5-13(10-12)22(25)26)17-15-8-7-14-11-20(15,27-19(17)24)16-6-1-2-9-21(14)16/h3-5,7-8,10,14,16,18,23H,1-2,6,9,11H2/t14-,16-,18-,20+/m1/s1. The molecule has 2 saturated heterocycles. The summed E-state index contributed by atoms with van der Waals surface area (Å²) in [6.45, 7) is 0.995. The molecule has 4 atom stereocenters. The second kappa shape index (κ2) is 5.74. The van der Waals surface area contributed by atoms with Gasteiger partial charge in [0, 0.05) is 30.2 Å². The molecule has 0 radical (unpaired) electrons. The van der Waals surface area contributed by atoms with Gasteiger partial charge in [0.15, 0.2) is 5.60 Å². The lowest BCUT2D eigenvalue weighted by Gasteiger charge is -2.37. The number of aliphatic hydroxyl groups is 1. The first kappa shape index (κ1) is 16.6. The van der Waals surface area contributed by atoms with Crippen LogP contribution in [0.4, 0.5) is 5.69 Å². The van der Waals surface area contributed by atoms with Crippen LogP contribution < -0.4 is 0 Å². The van der Waals surface area contributed by atoms with Crippen molar-refractivity contribution in [3.8, 4) is 0 Å². The van der Waals surface area contributed by atoms with Gasteiger partial charge in [0.1, 0.15) is 6.10 Å². The van der Waals surface area contributed by atoms with Crippen molar-refractivity contribution in [3.05, 3.63) is 63.2 Å². The Balaban J connectivity index is 1.59. The summed E-state index contributed by atoms with van der Waals surface area (Å²) in [6.07, 6.45) is 6.71. The number of aliphatic hydroxyl groups excluding tert-OH is 1. The number of non-ortho nitro benzene ring substituents is 1. The molecule has 2 fully saturated rings.